The third-order valence-electron chi connectivity index (χ3n) is 4.23. The number of nitrogens with zero attached hydrogens (tertiary/aromatic N) is 7. The van der Waals surface area contributed by atoms with Crippen molar-refractivity contribution in [3.63, 3.8) is 0 Å². The maximum absolute atomic E-state index is 12.2. The smallest absolute Gasteiger partial charge is 0.266 e. The third kappa shape index (κ3) is 2.78. The highest BCUT2D eigenvalue weighted by Crippen LogP contribution is 2.23. The van der Waals surface area contributed by atoms with E-state index >= 15 is 0 Å². The Bertz CT molecular complexity index is 860. The fraction of sp³-hybridized carbons (Fsp3) is 0.312. The van der Waals surface area contributed by atoms with E-state index in [1.54, 1.807) is 54.0 Å². The average Bonchev–Trinajstić information content (AvgIpc) is 3.29. The third-order valence-corrected chi connectivity index (χ3v) is 4.23. The summed E-state index contributed by atoms with van der Waals surface area (Å²) in [4.78, 5) is 26.9. The maximum Gasteiger partial charge on any atom is 0.266 e. The molecule has 0 radical (unpaired) electrons. The van der Waals surface area contributed by atoms with Gasteiger partial charge in [0.15, 0.2) is 5.82 Å². The molecule has 8 nitrogen and oxygen atoms in total. The van der Waals surface area contributed by atoms with Crippen LogP contribution >= 0.6 is 0 Å². The highest BCUT2D eigenvalue weighted by atomic mass is 16.1. The number of anilines is 1. The van der Waals surface area contributed by atoms with E-state index in [0.717, 1.165) is 25.2 Å². The first kappa shape index (κ1) is 14.6. The van der Waals surface area contributed by atoms with Crippen LogP contribution in [-0.2, 0) is 6.54 Å². The first-order valence-corrected chi connectivity index (χ1v) is 7.90. The molecule has 1 unspecified atom stereocenters. The van der Waals surface area contributed by atoms with Crippen LogP contribution in [0.5, 0.6) is 0 Å². The molecule has 0 N–H and O–H groups in total. The molecule has 0 saturated carbocycles. The van der Waals surface area contributed by atoms with Crippen molar-refractivity contribution in [2.24, 2.45) is 0 Å². The normalized spacial score (nSPS) is 17.3. The second-order valence-electron chi connectivity index (χ2n) is 5.73. The van der Waals surface area contributed by atoms with E-state index in [2.05, 4.69) is 25.0 Å². The standard InChI is InChI=1S/C16H17N7O/c24-16-4-3-14(21-9-7-18-12-21)20-23(16)11-13-2-1-8-22(13)15-10-17-5-6-19-15/h3-7,9-10,12-13H,1-2,8,11H2. The van der Waals surface area contributed by atoms with Crippen LogP contribution < -0.4 is 10.5 Å². The molecule has 3 aromatic rings. The van der Waals surface area contributed by atoms with Gasteiger partial charge in [-0.2, -0.15) is 5.10 Å². The predicted octanol–water partition coefficient (Wildman–Crippen LogP) is 0.888. The summed E-state index contributed by atoms with van der Waals surface area (Å²) in [5, 5.41) is 4.47. The van der Waals surface area contributed by atoms with Crippen molar-refractivity contribution in [2.45, 2.75) is 25.4 Å². The lowest BCUT2D eigenvalue weighted by molar-refractivity contribution is 0.484. The number of aromatic nitrogens is 6. The number of imidazole rings is 1. The van der Waals surface area contributed by atoms with Gasteiger partial charge >= 0.3 is 0 Å². The second-order valence-corrected chi connectivity index (χ2v) is 5.73. The maximum atomic E-state index is 12.2. The highest BCUT2D eigenvalue weighted by molar-refractivity contribution is 5.38. The minimum absolute atomic E-state index is 0.107. The fourth-order valence-corrected chi connectivity index (χ4v) is 3.07. The molecule has 1 aliphatic heterocycles. The van der Waals surface area contributed by atoms with Crippen molar-refractivity contribution < 1.29 is 0 Å². The summed E-state index contributed by atoms with van der Waals surface area (Å²) in [6, 6.07) is 3.43. The molecule has 1 aliphatic rings. The largest absolute Gasteiger partial charge is 0.350 e. The van der Waals surface area contributed by atoms with Gasteiger partial charge in [-0.15, -0.1) is 0 Å². The summed E-state index contributed by atoms with van der Waals surface area (Å²) >= 11 is 0. The lowest BCUT2D eigenvalue weighted by atomic mass is 10.2. The Morgan fingerprint density at radius 2 is 2.08 bits per heavy atom. The Balaban J connectivity index is 1.60. The Morgan fingerprint density at radius 1 is 1.12 bits per heavy atom. The minimum Gasteiger partial charge on any atom is -0.350 e. The molecule has 0 spiro atoms. The average molecular weight is 323 g/mol. The van der Waals surface area contributed by atoms with Crippen LogP contribution in [0.1, 0.15) is 12.8 Å². The zero-order chi connectivity index (χ0) is 16.4. The predicted molar refractivity (Wildman–Crippen MR) is 88.0 cm³/mol. The number of rotatable bonds is 4. The fourth-order valence-electron chi connectivity index (χ4n) is 3.07. The van der Waals surface area contributed by atoms with Crippen LogP contribution in [0.15, 0.2) is 54.2 Å². The molecule has 4 heterocycles. The summed E-state index contributed by atoms with van der Waals surface area (Å²) in [6.07, 6.45) is 12.3. The molecule has 3 aromatic heterocycles. The van der Waals surface area contributed by atoms with Gasteiger partial charge in [0.2, 0.25) is 0 Å². The van der Waals surface area contributed by atoms with Crippen LogP contribution in [0.25, 0.3) is 5.82 Å². The zero-order valence-corrected chi connectivity index (χ0v) is 13.1. The molecular formula is C16H17N7O. The molecule has 0 aromatic carbocycles. The van der Waals surface area contributed by atoms with Gasteiger partial charge in [0.05, 0.1) is 18.8 Å². The number of hydrogen-bond acceptors (Lipinski definition) is 6. The SMILES string of the molecule is O=c1ccc(-n2ccnc2)nn1CC1CCCN1c1cnccn1. The summed E-state index contributed by atoms with van der Waals surface area (Å²) < 4.78 is 3.31. The van der Waals surface area contributed by atoms with Crippen molar-refractivity contribution in [1.29, 1.82) is 0 Å². The van der Waals surface area contributed by atoms with E-state index in [9.17, 15) is 4.79 Å². The summed E-state index contributed by atoms with van der Waals surface area (Å²) in [5.74, 6) is 1.52. The topological polar surface area (TPSA) is 81.7 Å². The lowest BCUT2D eigenvalue weighted by Crippen LogP contribution is -2.37. The van der Waals surface area contributed by atoms with Crippen LogP contribution in [0.3, 0.4) is 0 Å². The quantitative estimate of drug-likeness (QED) is 0.709. The zero-order valence-electron chi connectivity index (χ0n) is 13.1. The number of hydrogen-bond donors (Lipinski definition) is 0. The van der Waals surface area contributed by atoms with Gasteiger partial charge in [-0.1, -0.05) is 0 Å². The summed E-state index contributed by atoms with van der Waals surface area (Å²) in [7, 11) is 0. The Labute approximate surface area is 138 Å². The molecule has 4 rings (SSSR count). The van der Waals surface area contributed by atoms with Crippen LogP contribution in [0, 0.1) is 0 Å². The van der Waals surface area contributed by atoms with E-state index in [4.69, 9.17) is 0 Å². The van der Waals surface area contributed by atoms with Crippen LogP contribution in [-0.4, -0.2) is 41.9 Å². The second kappa shape index (κ2) is 6.23. The Morgan fingerprint density at radius 3 is 2.88 bits per heavy atom. The molecular weight excluding hydrogens is 306 g/mol. The molecule has 1 saturated heterocycles. The van der Waals surface area contributed by atoms with Crippen LogP contribution in [0.2, 0.25) is 0 Å². The molecule has 1 fully saturated rings. The summed E-state index contributed by atoms with van der Waals surface area (Å²) in [5.41, 5.74) is -0.107. The van der Waals surface area contributed by atoms with Gasteiger partial charge in [-0.25, -0.2) is 14.6 Å². The molecule has 0 amide bonds. The minimum atomic E-state index is -0.107. The highest BCUT2D eigenvalue weighted by Gasteiger charge is 2.26. The van der Waals surface area contributed by atoms with Crippen molar-refractivity contribution in [2.75, 3.05) is 11.4 Å². The first-order valence-electron chi connectivity index (χ1n) is 7.90. The van der Waals surface area contributed by atoms with Gasteiger partial charge in [-0.3, -0.25) is 14.3 Å². The molecule has 0 bridgehead atoms. The van der Waals surface area contributed by atoms with Crippen molar-refractivity contribution >= 4 is 5.82 Å². The summed E-state index contributed by atoms with van der Waals surface area (Å²) in [6.45, 7) is 1.44. The van der Waals surface area contributed by atoms with E-state index in [1.165, 1.54) is 4.68 Å². The van der Waals surface area contributed by atoms with Crippen molar-refractivity contribution in [1.82, 2.24) is 29.3 Å². The monoisotopic (exact) mass is 323 g/mol. The van der Waals surface area contributed by atoms with Gasteiger partial charge in [0.1, 0.15) is 12.1 Å². The Kier molecular flexibility index (Phi) is 3.78. The molecule has 24 heavy (non-hydrogen) atoms. The van der Waals surface area contributed by atoms with E-state index in [1.807, 2.05) is 0 Å². The molecule has 122 valence electrons. The lowest BCUT2D eigenvalue weighted by Gasteiger charge is -2.25. The van der Waals surface area contributed by atoms with Gasteiger partial charge in [0.25, 0.3) is 5.56 Å². The van der Waals surface area contributed by atoms with E-state index in [0.29, 0.717) is 12.4 Å². The van der Waals surface area contributed by atoms with Gasteiger partial charge in [0, 0.05) is 37.4 Å². The van der Waals surface area contributed by atoms with Crippen molar-refractivity contribution in [3.05, 3.63) is 59.8 Å². The van der Waals surface area contributed by atoms with E-state index in [-0.39, 0.29) is 11.6 Å². The van der Waals surface area contributed by atoms with Gasteiger partial charge in [-0.05, 0) is 18.9 Å². The van der Waals surface area contributed by atoms with Crippen molar-refractivity contribution in [3.8, 4) is 5.82 Å². The molecule has 0 aliphatic carbocycles. The van der Waals surface area contributed by atoms with Gasteiger partial charge < -0.3 is 4.90 Å². The Hall–Kier alpha value is -3.03. The van der Waals surface area contributed by atoms with Crippen LogP contribution in [0.4, 0.5) is 5.82 Å². The molecule has 8 heteroatoms. The van der Waals surface area contributed by atoms with E-state index < -0.39 is 0 Å². The molecule has 1 atom stereocenters. The first-order chi connectivity index (χ1) is 11.8.